The first-order valence-corrected chi connectivity index (χ1v) is 12.5. The van der Waals surface area contributed by atoms with Crippen molar-refractivity contribution in [3.8, 4) is 0 Å². The molecule has 2 aromatic rings. The lowest BCUT2D eigenvalue weighted by atomic mass is 10.1. The summed E-state index contributed by atoms with van der Waals surface area (Å²) in [5.41, 5.74) is 2.26. The maximum atomic E-state index is 13.0. The standard InChI is InChI=1S/C23H31N5O4S/c1-15(2)28-33(31,32)20-12-17(22(29)27-21-9-4-5-10-24-23(21)30)11-19(13-20)25-14-18-8-6-7-16(3)26-18/h6-8,11-13,15,21,25,28H,4-5,9-10,14H2,1-3H3,(H,24,30)(H,27,29)/t21-/m0/s1. The molecule has 0 bridgehead atoms. The number of anilines is 1. The van der Waals surface area contributed by atoms with Gasteiger partial charge in [0.15, 0.2) is 0 Å². The Morgan fingerprint density at radius 2 is 2.00 bits per heavy atom. The summed E-state index contributed by atoms with van der Waals surface area (Å²) in [5.74, 6) is -0.731. The molecule has 1 atom stereocenters. The first-order chi connectivity index (χ1) is 15.6. The van der Waals surface area contributed by atoms with Crippen LogP contribution in [0.15, 0.2) is 41.3 Å². The lowest BCUT2D eigenvalue weighted by Crippen LogP contribution is -2.45. The van der Waals surface area contributed by atoms with Crippen LogP contribution >= 0.6 is 0 Å². The molecule has 2 heterocycles. The Kier molecular flexibility index (Phi) is 8.04. The van der Waals surface area contributed by atoms with E-state index >= 15 is 0 Å². The molecule has 9 nitrogen and oxygen atoms in total. The summed E-state index contributed by atoms with van der Waals surface area (Å²) in [5, 5.41) is 8.69. The van der Waals surface area contributed by atoms with E-state index in [0.717, 1.165) is 24.2 Å². The third-order valence-electron chi connectivity index (χ3n) is 5.13. The Hall–Kier alpha value is -2.98. The van der Waals surface area contributed by atoms with Crippen LogP contribution < -0.4 is 20.7 Å². The highest BCUT2D eigenvalue weighted by atomic mass is 32.2. The van der Waals surface area contributed by atoms with E-state index in [-0.39, 0.29) is 22.4 Å². The van der Waals surface area contributed by atoms with E-state index in [1.54, 1.807) is 19.9 Å². The van der Waals surface area contributed by atoms with Gasteiger partial charge in [-0.3, -0.25) is 14.6 Å². The third kappa shape index (κ3) is 7.00. The number of carbonyl (C=O) groups excluding carboxylic acids is 2. The highest BCUT2D eigenvalue weighted by Gasteiger charge is 2.24. The quantitative estimate of drug-likeness (QED) is 0.465. The summed E-state index contributed by atoms with van der Waals surface area (Å²) in [6, 6.07) is 9.06. The number of aryl methyl sites for hydroxylation is 1. The largest absolute Gasteiger partial charge is 0.379 e. The minimum atomic E-state index is -3.84. The van der Waals surface area contributed by atoms with Crippen LogP contribution in [0.1, 0.15) is 54.9 Å². The summed E-state index contributed by atoms with van der Waals surface area (Å²) < 4.78 is 28.2. The van der Waals surface area contributed by atoms with Gasteiger partial charge in [-0.15, -0.1) is 0 Å². The zero-order valence-electron chi connectivity index (χ0n) is 19.1. The molecule has 1 saturated heterocycles. The van der Waals surface area contributed by atoms with Crippen molar-refractivity contribution >= 4 is 27.5 Å². The Morgan fingerprint density at radius 1 is 1.21 bits per heavy atom. The number of nitrogens with zero attached hydrogens (tertiary/aromatic N) is 1. The topological polar surface area (TPSA) is 129 Å². The molecule has 0 radical (unpaired) electrons. The Bertz CT molecular complexity index is 1120. The molecule has 33 heavy (non-hydrogen) atoms. The van der Waals surface area contributed by atoms with Crippen LogP contribution in [-0.4, -0.2) is 43.8 Å². The van der Waals surface area contributed by atoms with Gasteiger partial charge in [0.2, 0.25) is 15.9 Å². The van der Waals surface area contributed by atoms with Crippen LogP contribution in [0.5, 0.6) is 0 Å². The molecule has 1 aliphatic heterocycles. The van der Waals surface area contributed by atoms with Gasteiger partial charge in [0, 0.05) is 29.5 Å². The van der Waals surface area contributed by atoms with Gasteiger partial charge in [-0.1, -0.05) is 6.07 Å². The van der Waals surface area contributed by atoms with Crippen molar-refractivity contribution in [2.24, 2.45) is 0 Å². The Morgan fingerprint density at radius 3 is 2.73 bits per heavy atom. The SMILES string of the molecule is Cc1cccc(CNc2cc(C(=O)N[C@H]3CCCCNC3=O)cc(S(=O)(=O)NC(C)C)c2)n1. The van der Waals surface area contributed by atoms with Gasteiger partial charge in [-0.25, -0.2) is 13.1 Å². The zero-order valence-corrected chi connectivity index (χ0v) is 20.0. The van der Waals surface area contributed by atoms with Gasteiger partial charge < -0.3 is 16.0 Å². The molecule has 1 fully saturated rings. The van der Waals surface area contributed by atoms with E-state index in [2.05, 4.69) is 25.7 Å². The van der Waals surface area contributed by atoms with Crippen LogP contribution in [0.3, 0.4) is 0 Å². The van der Waals surface area contributed by atoms with Crippen molar-refractivity contribution in [3.63, 3.8) is 0 Å². The zero-order chi connectivity index (χ0) is 24.0. The molecule has 178 valence electrons. The van der Waals surface area contributed by atoms with Crippen molar-refractivity contribution in [1.82, 2.24) is 20.3 Å². The maximum Gasteiger partial charge on any atom is 0.252 e. The number of benzene rings is 1. The average Bonchev–Trinajstić information content (AvgIpc) is 2.95. The first kappa shape index (κ1) is 24.7. The molecular formula is C23H31N5O4S. The number of hydrogen-bond acceptors (Lipinski definition) is 6. The smallest absolute Gasteiger partial charge is 0.252 e. The monoisotopic (exact) mass is 473 g/mol. The second kappa shape index (κ2) is 10.8. The minimum Gasteiger partial charge on any atom is -0.379 e. The summed E-state index contributed by atoms with van der Waals surface area (Å²) in [6.07, 6.45) is 2.20. The number of hydrogen-bond donors (Lipinski definition) is 4. The van der Waals surface area contributed by atoms with Gasteiger partial charge in [0.05, 0.1) is 17.1 Å². The van der Waals surface area contributed by atoms with Crippen molar-refractivity contribution in [3.05, 3.63) is 53.3 Å². The number of pyridine rings is 1. The molecule has 1 aromatic carbocycles. The molecule has 0 spiro atoms. The van der Waals surface area contributed by atoms with E-state index in [4.69, 9.17) is 0 Å². The van der Waals surface area contributed by atoms with Crippen molar-refractivity contribution in [2.75, 3.05) is 11.9 Å². The summed E-state index contributed by atoms with van der Waals surface area (Å²) in [7, 11) is -3.84. The van der Waals surface area contributed by atoms with Crippen LogP contribution in [0, 0.1) is 6.92 Å². The van der Waals surface area contributed by atoms with Crippen LogP contribution in [-0.2, 0) is 21.4 Å². The highest BCUT2D eigenvalue weighted by Crippen LogP contribution is 2.21. The molecule has 0 aliphatic carbocycles. The lowest BCUT2D eigenvalue weighted by molar-refractivity contribution is -0.122. The van der Waals surface area contributed by atoms with Crippen LogP contribution in [0.2, 0.25) is 0 Å². The third-order valence-corrected chi connectivity index (χ3v) is 6.77. The number of rotatable bonds is 8. The molecule has 0 saturated carbocycles. The second-order valence-electron chi connectivity index (χ2n) is 8.46. The lowest BCUT2D eigenvalue weighted by Gasteiger charge is -2.17. The minimum absolute atomic E-state index is 0.0335. The number of amides is 2. The summed E-state index contributed by atoms with van der Waals surface area (Å²) in [6.45, 7) is 6.28. The van der Waals surface area contributed by atoms with E-state index in [0.29, 0.717) is 25.2 Å². The molecule has 2 amide bonds. The van der Waals surface area contributed by atoms with Gasteiger partial charge in [-0.05, 0) is 70.4 Å². The molecule has 4 N–H and O–H groups in total. The van der Waals surface area contributed by atoms with Crippen LogP contribution in [0.25, 0.3) is 0 Å². The van der Waals surface area contributed by atoms with E-state index in [9.17, 15) is 18.0 Å². The summed E-state index contributed by atoms with van der Waals surface area (Å²) in [4.78, 5) is 29.6. The van der Waals surface area contributed by atoms with E-state index < -0.39 is 22.0 Å². The fourth-order valence-corrected chi connectivity index (χ4v) is 4.90. The predicted molar refractivity (Wildman–Crippen MR) is 126 cm³/mol. The van der Waals surface area contributed by atoms with Crippen molar-refractivity contribution in [1.29, 1.82) is 0 Å². The number of aromatic nitrogens is 1. The van der Waals surface area contributed by atoms with Gasteiger partial charge in [0.1, 0.15) is 6.04 Å². The number of sulfonamides is 1. The predicted octanol–water partition coefficient (Wildman–Crippen LogP) is 2.09. The fraction of sp³-hybridized carbons (Fsp3) is 0.435. The Balaban J connectivity index is 1.89. The molecule has 1 aromatic heterocycles. The Labute approximate surface area is 194 Å². The molecule has 3 rings (SSSR count). The van der Waals surface area contributed by atoms with Crippen molar-refractivity contribution in [2.45, 2.75) is 63.6 Å². The van der Waals surface area contributed by atoms with E-state index in [1.165, 1.54) is 12.1 Å². The van der Waals surface area contributed by atoms with Gasteiger partial charge >= 0.3 is 0 Å². The fourth-order valence-electron chi connectivity index (χ4n) is 3.57. The van der Waals surface area contributed by atoms with Crippen LogP contribution in [0.4, 0.5) is 5.69 Å². The maximum absolute atomic E-state index is 13.0. The normalized spacial score (nSPS) is 16.7. The van der Waals surface area contributed by atoms with Crippen molar-refractivity contribution < 1.29 is 18.0 Å². The second-order valence-corrected chi connectivity index (χ2v) is 10.2. The summed E-state index contributed by atoms with van der Waals surface area (Å²) >= 11 is 0. The average molecular weight is 474 g/mol. The number of nitrogens with one attached hydrogen (secondary N) is 4. The first-order valence-electron chi connectivity index (χ1n) is 11.1. The molecule has 0 unspecified atom stereocenters. The molecular weight excluding hydrogens is 442 g/mol. The molecule has 10 heteroatoms. The number of carbonyl (C=O) groups is 2. The highest BCUT2D eigenvalue weighted by molar-refractivity contribution is 7.89. The van der Waals surface area contributed by atoms with Gasteiger partial charge in [-0.2, -0.15) is 0 Å². The van der Waals surface area contributed by atoms with Gasteiger partial charge in [0.25, 0.3) is 5.91 Å². The molecule has 1 aliphatic rings. The van der Waals surface area contributed by atoms with E-state index in [1.807, 2.05) is 25.1 Å².